The minimum absolute atomic E-state index is 0.0563. The van der Waals surface area contributed by atoms with E-state index in [4.69, 9.17) is 4.74 Å². The van der Waals surface area contributed by atoms with Crippen molar-refractivity contribution < 1.29 is 14.3 Å². The smallest absolute Gasteiger partial charge is 0.325 e. The molecule has 0 radical (unpaired) electrons. The van der Waals surface area contributed by atoms with Crippen molar-refractivity contribution >= 4 is 23.4 Å². The fraction of sp³-hybridized carbons (Fsp3) is 0.455. The third kappa shape index (κ3) is 4.70. The highest BCUT2D eigenvalue weighted by molar-refractivity contribution is 5.96. The molecule has 4 rings (SSSR count). The third-order valence-corrected chi connectivity index (χ3v) is 5.64. The molecule has 2 fully saturated rings. The Balaban J connectivity index is 1.28. The first-order chi connectivity index (χ1) is 14.9. The third-order valence-electron chi connectivity index (χ3n) is 5.64. The van der Waals surface area contributed by atoms with Gasteiger partial charge in [-0.25, -0.2) is 4.79 Å². The maximum Gasteiger partial charge on any atom is 0.325 e. The van der Waals surface area contributed by atoms with Crippen LogP contribution in [-0.2, 0) is 4.79 Å². The Morgan fingerprint density at radius 1 is 1.10 bits per heavy atom. The number of aromatic nitrogens is 2. The van der Waals surface area contributed by atoms with E-state index in [2.05, 4.69) is 10.2 Å². The second kappa shape index (κ2) is 8.79. The number of amides is 3. The quantitative estimate of drug-likeness (QED) is 0.703. The highest BCUT2D eigenvalue weighted by Crippen LogP contribution is 2.22. The molecule has 164 valence electrons. The molecule has 1 unspecified atom stereocenters. The van der Waals surface area contributed by atoms with Gasteiger partial charge in [-0.2, -0.15) is 0 Å². The van der Waals surface area contributed by atoms with E-state index in [0.717, 1.165) is 23.5 Å². The first-order valence-electron chi connectivity index (χ1n) is 10.5. The van der Waals surface area contributed by atoms with Crippen molar-refractivity contribution in [1.82, 2.24) is 20.0 Å². The highest BCUT2D eigenvalue weighted by Gasteiger charge is 2.34. The molecule has 0 aliphatic carbocycles. The van der Waals surface area contributed by atoms with Gasteiger partial charge in [-0.05, 0) is 25.1 Å². The molecule has 1 atom stereocenters. The number of hydrogen-bond donors (Lipinski definition) is 0. The molecule has 2 aliphatic heterocycles. The lowest BCUT2D eigenvalue weighted by molar-refractivity contribution is -0.130. The number of ether oxygens (including phenoxy) is 1. The largest absolute Gasteiger partial charge is 0.471 e. The number of aryl methyl sites for hydroxylation is 1. The van der Waals surface area contributed by atoms with Crippen molar-refractivity contribution in [3.05, 3.63) is 42.0 Å². The molecule has 3 heterocycles. The summed E-state index contributed by atoms with van der Waals surface area (Å²) >= 11 is 0. The van der Waals surface area contributed by atoms with Crippen LogP contribution < -0.4 is 14.5 Å². The Bertz CT molecular complexity index is 931. The second-order valence-corrected chi connectivity index (χ2v) is 8.18. The van der Waals surface area contributed by atoms with Gasteiger partial charge in [0.1, 0.15) is 12.6 Å². The lowest BCUT2D eigenvalue weighted by atomic mass is 10.2. The van der Waals surface area contributed by atoms with Crippen LogP contribution in [0, 0.1) is 6.92 Å². The molecule has 9 nitrogen and oxygen atoms in total. The van der Waals surface area contributed by atoms with Crippen molar-refractivity contribution in [2.24, 2.45) is 0 Å². The summed E-state index contributed by atoms with van der Waals surface area (Å²) in [6.07, 6.45) is 0.605. The number of urea groups is 1. The summed E-state index contributed by atoms with van der Waals surface area (Å²) in [5.41, 5.74) is 2.01. The van der Waals surface area contributed by atoms with Crippen molar-refractivity contribution in [3.63, 3.8) is 0 Å². The van der Waals surface area contributed by atoms with Crippen LogP contribution in [0.15, 0.2) is 36.4 Å². The summed E-state index contributed by atoms with van der Waals surface area (Å²) in [6.45, 7) is 4.32. The maximum absolute atomic E-state index is 12.8. The number of likely N-dealkylation sites (tertiary alicyclic amines) is 1. The Hall–Kier alpha value is -3.36. The fourth-order valence-corrected chi connectivity index (χ4v) is 3.79. The molecule has 2 aliphatic rings. The van der Waals surface area contributed by atoms with Crippen LogP contribution in [0.1, 0.15) is 12.0 Å². The van der Waals surface area contributed by atoms with Crippen molar-refractivity contribution in [3.8, 4) is 5.88 Å². The molecule has 1 aromatic carbocycles. The molecule has 1 aromatic heterocycles. The van der Waals surface area contributed by atoms with Gasteiger partial charge in [-0.1, -0.05) is 17.7 Å². The van der Waals surface area contributed by atoms with E-state index >= 15 is 0 Å². The molecule has 31 heavy (non-hydrogen) atoms. The van der Waals surface area contributed by atoms with Gasteiger partial charge >= 0.3 is 6.03 Å². The number of rotatable bonds is 6. The van der Waals surface area contributed by atoms with Gasteiger partial charge in [-0.3, -0.25) is 9.69 Å². The predicted molar refractivity (Wildman–Crippen MR) is 117 cm³/mol. The number of benzene rings is 1. The van der Waals surface area contributed by atoms with Gasteiger partial charge < -0.3 is 19.4 Å². The van der Waals surface area contributed by atoms with Crippen molar-refractivity contribution in [2.75, 3.05) is 56.6 Å². The van der Waals surface area contributed by atoms with Gasteiger partial charge in [0.2, 0.25) is 11.8 Å². The van der Waals surface area contributed by atoms with Crippen LogP contribution in [0.25, 0.3) is 0 Å². The van der Waals surface area contributed by atoms with Crippen LogP contribution in [0.4, 0.5) is 16.3 Å². The van der Waals surface area contributed by atoms with E-state index in [1.165, 1.54) is 0 Å². The van der Waals surface area contributed by atoms with Gasteiger partial charge in [-0.15, -0.1) is 10.2 Å². The number of nitrogens with zero attached hydrogens (tertiary/aromatic N) is 6. The highest BCUT2D eigenvalue weighted by atomic mass is 16.5. The summed E-state index contributed by atoms with van der Waals surface area (Å²) in [6, 6.07) is 11.4. The summed E-state index contributed by atoms with van der Waals surface area (Å²) in [5.74, 6) is 1.15. The molecule has 0 bridgehead atoms. The fourth-order valence-electron chi connectivity index (χ4n) is 3.79. The first kappa shape index (κ1) is 20.9. The average molecular weight is 425 g/mol. The van der Waals surface area contributed by atoms with Crippen molar-refractivity contribution in [1.29, 1.82) is 0 Å². The second-order valence-electron chi connectivity index (χ2n) is 8.18. The molecule has 9 heteroatoms. The van der Waals surface area contributed by atoms with E-state index in [1.807, 2.05) is 56.3 Å². The van der Waals surface area contributed by atoms with E-state index in [9.17, 15) is 9.59 Å². The molecule has 2 saturated heterocycles. The predicted octanol–water partition coefficient (Wildman–Crippen LogP) is 1.77. The first-order valence-corrected chi connectivity index (χ1v) is 10.5. The SMILES string of the molecule is Cc1ccc(N2CCN(CC(=O)N3CCC(Oc4ccc(N(C)C)nn4)C3)C2=O)cc1. The van der Waals surface area contributed by atoms with Crippen LogP contribution in [0.2, 0.25) is 0 Å². The number of carbonyl (C=O) groups excluding carboxylic acids is 2. The monoisotopic (exact) mass is 424 g/mol. The number of anilines is 2. The number of carbonyl (C=O) groups is 2. The van der Waals surface area contributed by atoms with Crippen LogP contribution in [0.3, 0.4) is 0 Å². The Kier molecular flexibility index (Phi) is 5.92. The topological polar surface area (TPSA) is 82.1 Å². The standard InChI is InChI=1S/C22H28N6O3/c1-16-4-6-17(7-5-16)28-13-12-27(22(28)30)15-21(29)26-11-10-18(14-26)31-20-9-8-19(23-24-20)25(2)3/h4-9,18H,10-15H2,1-3H3. The molecule has 0 N–H and O–H groups in total. The van der Waals surface area contributed by atoms with E-state index in [1.54, 1.807) is 20.8 Å². The molecule has 0 spiro atoms. The minimum Gasteiger partial charge on any atom is -0.471 e. The summed E-state index contributed by atoms with van der Waals surface area (Å²) < 4.78 is 5.89. The van der Waals surface area contributed by atoms with Gasteiger partial charge in [0, 0.05) is 51.9 Å². The van der Waals surface area contributed by atoms with Crippen LogP contribution in [0.5, 0.6) is 5.88 Å². The number of hydrogen-bond acceptors (Lipinski definition) is 6. The van der Waals surface area contributed by atoms with E-state index in [-0.39, 0.29) is 24.6 Å². The lowest BCUT2D eigenvalue weighted by Crippen LogP contribution is -2.42. The lowest BCUT2D eigenvalue weighted by Gasteiger charge is -2.22. The summed E-state index contributed by atoms with van der Waals surface area (Å²) in [5, 5.41) is 8.20. The van der Waals surface area contributed by atoms with Gasteiger partial charge in [0.15, 0.2) is 5.82 Å². The van der Waals surface area contributed by atoms with Crippen molar-refractivity contribution in [2.45, 2.75) is 19.4 Å². The minimum atomic E-state index is -0.125. The zero-order valence-corrected chi connectivity index (χ0v) is 18.2. The molecule has 0 saturated carbocycles. The van der Waals surface area contributed by atoms with Gasteiger partial charge in [0.05, 0.1) is 6.54 Å². The Morgan fingerprint density at radius 3 is 2.55 bits per heavy atom. The summed E-state index contributed by atoms with van der Waals surface area (Å²) in [7, 11) is 3.80. The zero-order valence-electron chi connectivity index (χ0n) is 18.2. The molecule has 2 aromatic rings. The van der Waals surface area contributed by atoms with E-state index < -0.39 is 0 Å². The van der Waals surface area contributed by atoms with Crippen LogP contribution in [-0.4, -0.2) is 84.9 Å². The Labute approximate surface area is 182 Å². The zero-order chi connectivity index (χ0) is 22.0. The molecular weight excluding hydrogens is 396 g/mol. The van der Waals surface area contributed by atoms with E-state index in [0.29, 0.717) is 32.1 Å². The maximum atomic E-state index is 12.8. The Morgan fingerprint density at radius 2 is 1.87 bits per heavy atom. The average Bonchev–Trinajstić information content (AvgIpc) is 3.36. The van der Waals surface area contributed by atoms with Crippen LogP contribution >= 0.6 is 0 Å². The summed E-state index contributed by atoms with van der Waals surface area (Å²) in [4.78, 5) is 32.5. The van der Waals surface area contributed by atoms with Gasteiger partial charge in [0.25, 0.3) is 0 Å². The molecular formula is C22H28N6O3. The molecule has 3 amide bonds. The normalized spacial score (nSPS) is 18.6.